The maximum Gasteiger partial charge on any atom is 0.172 e. The molecule has 1 aliphatic carbocycles. The number of anilines is 3. The number of pyridine rings is 1. The fourth-order valence-corrected chi connectivity index (χ4v) is 3.24. The lowest BCUT2D eigenvalue weighted by molar-refractivity contribution is 0.276. The van der Waals surface area contributed by atoms with Crippen molar-refractivity contribution in [1.82, 2.24) is 10.5 Å². The van der Waals surface area contributed by atoms with Crippen LogP contribution in [0.1, 0.15) is 29.9 Å². The van der Waals surface area contributed by atoms with Gasteiger partial charge < -0.3 is 10.5 Å². The molecule has 0 saturated carbocycles. The number of benzene rings is 1. The Bertz CT molecular complexity index is 703. The summed E-state index contributed by atoms with van der Waals surface area (Å²) in [5, 5.41) is 0. The number of fused-ring (bicyclic) bond motifs is 2. The largest absolute Gasteiger partial charge is 0.490 e. The lowest BCUT2D eigenvalue weighted by Gasteiger charge is -2.25. The van der Waals surface area contributed by atoms with E-state index < -0.39 is 0 Å². The van der Waals surface area contributed by atoms with Crippen LogP contribution in [0.3, 0.4) is 0 Å². The van der Waals surface area contributed by atoms with Gasteiger partial charge in [0, 0.05) is 12.0 Å². The molecule has 6 heteroatoms. The van der Waals surface area contributed by atoms with Crippen LogP contribution in [0.4, 0.5) is 17.3 Å². The SMILES string of the molecule is Nc1cc(OCC2CCCc3ccccc32)c2c(n1)NNN2. The number of aryl methyl sites for hydroxylation is 1. The fourth-order valence-electron chi connectivity index (χ4n) is 3.24. The molecule has 6 nitrogen and oxygen atoms in total. The van der Waals surface area contributed by atoms with Gasteiger partial charge in [0.25, 0.3) is 0 Å². The molecule has 4 rings (SSSR count). The van der Waals surface area contributed by atoms with E-state index in [2.05, 4.69) is 45.6 Å². The number of hydrazine groups is 2. The van der Waals surface area contributed by atoms with Crippen LogP contribution in [0.5, 0.6) is 5.75 Å². The number of nitrogens with two attached hydrogens (primary N) is 1. The number of ether oxygens (including phenoxy) is 1. The second-order valence-corrected chi connectivity index (χ2v) is 5.74. The molecule has 0 bridgehead atoms. The fraction of sp³-hybridized carbons (Fsp3) is 0.312. The second kappa shape index (κ2) is 5.38. The maximum absolute atomic E-state index is 6.06. The van der Waals surface area contributed by atoms with Gasteiger partial charge in [-0.3, -0.25) is 10.9 Å². The van der Waals surface area contributed by atoms with E-state index in [-0.39, 0.29) is 0 Å². The Kier molecular flexibility index (Phi) is 3.23. The van der Waals surface area contributed by atoms with E-state index >= 15 is 0 Å². The molecule has 22 heavy (non-hydrogen) atoms. The Hall–Kier alpha value is -2.47. The second-order valence-electron chi connectivity index (χ2n) is 5.74. The number of rotatable bonds is 3. The highest BCUT2D eigenvalue weighted by Gasteiger charge is 2.22. The summed E-state index contributed by atoms with van der Waals surface area (Å²) in [4.78, 5) is 4.21. The highest BCUT2D eigenvalue weighted by atomic mass is 16.5. The molecule has 0 amide bonds. The van der Waals surface area contributed by atoms with E-state index in [0.29, 0.717) is 24.2 Å². The topological polar surface area (TPSA) is 84.2 Å². The first-order valence-corrected chi connectivity index (χ1v) is 7.59. The molecule has 2 heterocycles. The highest BCUT2D eigenvalue weighted by molar-refractivity contribution is 5.76. The van der Waals surface area contributed by atoms with Crippen LogP contribution in [0.25, 0.3) is 0 Å². The van der Waals surface area contributed by atoms with Crippen molar-refractivity contribution in [2.24, 2.45) is 0 Å². The van der Waals surface area contributed by atoms with Crippen LogP contribution >= 0.6 is 0 Å². The standard InChI is InChI=1S/C16H19N5O/c17-14-8-13(15-16(18-14)20-21-19-15)22-9-11-6-3-5-10-4-1-2-7-12(10)11/h1-2,4,7-8,11,19,21H,3,5-6,9H2,(H3,17,18,20). The summed E-state index contributed by atoms with van der Waals surface area (Å²) in [6.07, 6.45) is 3.53. The van der Waals surface area contributed by atoms with Crippen molar-refractivity contribution in [3.8, 4) is 5.75 Å². The summed E-state index contributed by atoms with van der Waals surface area (Å²) in [7, 11) is 0. The third-order valence-electron chi connectivity index (χ3n) is 4.31. The van der Waals surface area contributed by atoms with Crippen LogP contribution in [0.2, 0.25) is 0 Å². The molecule has 1 atom stereocenters. The minimum absolute atomic E-state index is 0.428. The van der Waals surface area contributed by atoms with Crippen LogP contribution in [0.15, 0.2) is 30.3 Å². The van der Waals surface area contributed by atoms with E-state index in [1.54, 1.807) is 6.07 Å². The lowest BCUT2D eigenvalue weighted by Crippen LogP contribution is -2.20. The number of nitrogen functional groups attached to an aromatic ring is 1. The van der Waals surface area contributed by atoms with E-state index in [1.807, 2.05) is 0 Å². The van der Waals surface area contributed by atoms with E-state index in [4.69, 9.17) is 10.5 Å². The number of hydrogen-bond acceptors (Lipinski definition) is 6. The highest BCUT2D eigenvalue weighted by Crippen LogP contribution is 2.37. The molecular weight excluding hydrogens is 278 g/mol. The van der Waals surface area contributed by atoms with Gasteiger partial charge in [0.15, 0.2) is 11.6 Å². The smallest absolute Gasteiger partial charge is 0.172 e. The predicted molar refractivity (Wildman–Crippen MR) is 86.6 cm³/mol. The maximum atomic E-state index is 6.06. The van der Waals surface area contributed by atoms with Crippen molar-refractivity contribution < 1.29 is 4.74 Å². The molecule has 1 aromatic carbocycles. The third-order valence-corrected chi connectivity index (χ3v) is 4.31. The molecule has 0 radical (unpaired) electrons. The zero-order chi connectivity index (χ0) is 14.9. The Morgan fingerprint density at radius 3 is 3.14 bits per heavy atom. The van der Waals surface area contributed by atoms with Crippen molar-refractivity contribution in [3.05, 3.63) is 41.5 Å². The van der Waals surface area contributed by atoms with Gasteiger partial charge >= 0.3 is 0 Å². The van der Waals surface area contributed by atoms with Crippen LogP contribution < -0.4 is 26.9 Å². The Balaban J connectivity index is 1.55. The summed E-state index contributed by atoms with van der Waals surface area (Å²) in [6.45, 7) is 0.647. The summed E-state index contributed by atoms with van der Waals surface area (Å²) >= 11 is 0. The van der Waals surface area contributed by atoms with Gasteiger partial charge in [0.2, 0.25) is 0 Å². The molecule has 1 aliphatic heterocycles. The summed E-state index contributed by atoms with van der Waals surface area (Å²) in [5.74, 6) is 2.26. The zero-order valence-electron chi connectivity index (χ0n) is 12.2. The first-order valence-electron chi connectivity index (χ1n) is 7.59. The van der Waals surface area contributed by atoms with Crippen molar-refractivity contribution in [2.45, 2.75) is 25.2 Å². The molecule has 2 aromatic rings. The van der Waals surface area contributed by atoms with E-state index in [9.17, 15) is 0 Å². The van der Waals surface area contributed by atoms with Crippen molar-refractivity contribution in [2.75, 3.05) is 23.2 Å². The molecule has 0 spiro atoms. The lowest BCUT2D eigenvalue weighted by atomic mass is 9.83. The van der Waals surface area contributed by atoms with E-state index in [1.165, 1.54) is 24.0 Å². The molecule has 114 valence electrons. The molecule has 2 aliphatic rings. The van der Waals surface area contributed by atoms with Crippen molar-refractivity contribution >= 4 is 17.3 Å². The normalized spacial score (nSPS) is 18.8. The molecule has 0 saturated heterocycles. The van der Waals surface area contributed by atoms with Crippen molar-refractivity contribution in [1.29, 1.82) is 0 Å². The summed E-state index contributed by atoms with van der Waals surface area (Å²) in [6, 6.07) is 10.4. The predicted octanol–water partition coefficient (Wildman–Crippen LogP) is 2.42. The average Bonchev–Trinajstić information content (AvgIpc) is 3.00. The first kappa shape index (κ1) is 13.2. The van der Waals surface area contributed by atoms with Gasteiger partial charge in [-0.2, -0.15) is 0 Å². The summed E-state index contributed by atoms with van der Waals surface area (Å²) in [5.41, 5.74) is 18.2. The molecule has 5 N–H and O–H groups in total. The van der Waals surface area contributed by atoms with E-state index in [0.717, 1.165) is 17.9 Å². The van der Waals surface area contributed by atoms with Crippen molar-refractivity contribution in [3.63, 3.8) is 0 Å². The van der Waals surface area contributed by atoms with Crippen LogP contribution in [0, 0.1) is 0 Å². The summed E-state index contributed by atoms with van der Waals surface area (Å²) < 4.78 is 6.06. The van der Waals surface area contributed by atoms with Gasteiger partial charge in [-0.1, -0.05) is 24.3 Å². The minimum atomic E-state index is 0.428. The van der Waals surface area contributed by atoms with Gasteiger partial charge in [0.05, 0.1) is 6.61 Å². The van der Waals surface area contributed by atoms with Gasteiger partial charge in [-0.05, 0) is 30.4 Å². The molecule has 1 aromatic heterocycles. The molecule has 1 unspecified atom stereocenters. The third kappa shape index (κ3) is 2.31. The van der Waals surface area contributed by atoms with Gasteiger partial charge in [0.1, 0.15) is 11.5 Å². The monoisotopic (exact) mass is 297 g/mol. The number of hydrogen-bond donors (Lipinski definition) is 4. The first-order chi connectivity index (χ1) is 10.8. The Morgan fingerprint density at radius 1 is 1.27 bits per heavy atom. The number of nitrogens with one attached hydrogen (secondary N) is 3. The zero-order valence-corrected chi connectivity index (χ0v) is 12.2. The quantitative estimate of drug-likeness (QED) is 0.696. The van der Waals surface area contributed by atoms with Crippen LogP contribution in [-0.4, -0.2) is 11.6 Å². The Morgan fingerprint density at radius 2 is 2.18 bits per heavy atom. The molecular formula is C16H19N5O. The minimum Gasteiger partial charge on any atom is -0.490 e. The number of nitrogens with zero attached hydrogens (tertiary/aromatic N) is 1. The van der Waals surface area contributed by atoms with Crippen LogP contribution in [-0.2, 0) is 6.42 Å². The van der Waals surface area contributed by atoms with Gasteiger partial charge in [-0.25, -0.2) is 4.98 Å². The average molecular weight is 297 g/mol. The van der Waals surface area contributed by atoms with Gasteiger partial charge in [-0.15, -0.1) is 5.53 Å². The Labute approximate surface area is 129 Å². The molecule has 0 fully saturated rings. The number of aromatic nitrogens is 1.